The van der Waals surface area contributed by atoms with Crippen LogP contribution in [0, 0.1) is 5.82 Å². The van der Waals surface area contributed by atoms with E-state index in [1.807, 2.05) is 24.3 Å². The van der Waals surface area contributed by atoms with Crippen LogP contribution in [0.5, 0.6) is 5.75 Å². The highest BCUT2D eigenvalue weighted by molar-refractivity contribution is 5.36. The number of aliphatic hydroxyl groups is 1. The summed E-state index contributed by atoms with van der Waals surface area (Å²) < 4.78 is 18.1. The van der Waals surface area contributed by atoms with Crippen molar-refractivity contribution in [3.63, 3.8) is 0 Å². The Morgan fingerprint density at radius 2 is 1.53 bits per heavy atom. The lowest BCUT2D eigenvalue weighted by atomic mass is 9.89. The lowest BCUT2D eigenvalue weighted by Crippen LogP contribution is -2.04. The van der Waals surface area contributed by atoms with Crippen LogP contribution >= 0.6 is 0 Å². The molecule has 0 radical (unpaired) electrons. The highest BCUT2D eigenvalue weighted by Gasteiger charge is 2.13. The van der Waals surface area contributed by atoms with Crippen LogP contribution in [-0.4, -0.2) is 18.8 Å². The molecule has 2 nitrogen and oxygen atoms in total. The SMILES string of the molecule is COc1ccc(C(CCO)c2ccc(F)cc2)cc1. The van der Waals surface area contributed by atoms with Gasteiger partial charge in [-0.15, -0.1) is 0 Å². The van der Waals surface area contributed by atoms with E-state index in [9.17, 15) is 9.50 Å². The predicted molar refractivity (Wildman–Crippen MR) is 72.9 cm³/mol. The fourth-order valence-electron chi connectivity index (χ4n) is 2.19. The van der Waals surface area contributed by atoms with Gasteiger partial charge in [-0.05, 0) is 41.8 Å². The number of rotatable bonds is 5. The zero-order valence-corrected chi connectivity index (χ0v) is 10.8. The molecule has 0 aliphatic rings. The van der Waals surface area contributed by atoms with Crippen LogP contribution in [-0.2, 0) is 0 Å². The van der Waals surface area contributed by atoms with Crippen molar-refractivity contribution in [2.45, 2.75) is 12.3 Å². The van der Waals surface area contributed by atoms with E-state index < -0.39 is 0 Å². The van der Waals surface area contributed by atoms with Crippen LogP contribution in [0.1, 0.15) is 23.5 Å². The maximum absolute atomic E-state index is 13.0. The molecule has 0 heterocycles. The maximum atomic E-state index is 13.0. The molecule has 19 heavy (non-hydrogen) atoms. The average molecular weight is 260 g/mol. The van der Waals surface area contributed by atoms with E-state index in [-0.39, 0.29) is 18.3 Å². The van der Waals surface area contributed by atoms with Crippen LogP contribution < -0.4 is 4.74 Å². The molecule has 0 aliphatic heterocycles. The van der Waals surface area contributed by atoms with Crippen LogP contribution in [0.4, 0.5) is 4.39 Å². The summed E-state index contributed by atoms with van der Waals surface area (Å²) in [4.78, 5) is 0. The van der Waals surface area contributed by atoms with Crippen molar-refractivity contribution in [2.75, 3.05) is 13.7 Å². The Labute approximate surface area is 112 Å². The smallest absolute Gasteiger partial charge is 0.123 e. The minimum Gasteiger partial charge on any atom is -0.497 e. The van der Waals surface area contributed by atoms with Crippen molar-refractivity contribution in [1.82, 2.24) is 0 Å². The molecule has 0 aromatic heterocycles. The summed E-state index contributed by atoms with van der Waals surface area (Å²) in [5.41, 5.74) is 2.09. The minimum absolute atomic E-state index is 0.0662. The molecule has 2 aromatic carbocycles. The standard InChI is InChI=1S/C16H17FO2/c1-19-15-8-4-13(5-9-15)16(10-11-18)12-2-6-14(17)7-3-12/h2-9,16,18H,10-11H2,1H3. The number of benzene rings is 2. The van der Waals surface area contributed by atoms with Gasteiger partial charge in [0.25, 0.3) is 0 Å². The van der Waals surface area contributed by atoms with Crippen LogP contribution in [0.3, 0.4) is 0 Å². The summed E-state index contributed by atoms with van der Waals surface area (Å²) in [5, 5.41) is 9.22. The quantitative estimate of drug-likeness (QED) is 0.893. The predicted octanol–water partition coefficient (Wildman–Crippen LogP) is 3.35. The Kier molecular flexibility index (Phi) is 4.53. The van der Waals surface area contributed by atoms with E-state index in [4.69, 9.17) is 4.74 Å². The minimum atomic E-state index is -0.249. The second-order valence-corrected chi connectivity index (χ2v) is 4.39. The van der Waals surface area contributed by atoms with E-state index in [0.29, 0.717) is 6.42 Å². The number of ether oxygens (including phenoxy) is 1. The van der Waals surface area contributed by atoms with E-state index in [2.05, 4.69) is 0 Å². The lowest BCUT2D eigenvalue weighted by Gasteiger charge is -2.17. The van der Waals surface area contributed by atoms with Crippen LogP contribution in [0.15, 0.2) is 48.5 Å². The number of hydrogen-bond acceptors (Lipinski definition) is 2. The molecule has 2 aromatic rings. The monoisotopic (exact) mass is 260 g/mol. The first kappa shape index (κ1) is 13.6. The van der Waals surface area contributed by atoms with Gasteiger partial charge in [0.05, 0.1) is 7.11 Å². The molecule has 0 saturated heterocycles. The van der Waals surface area contributed by atoms with Crippen molar-refractivity contribution in [3.8, 4) is 5.75 Å². The van der Waals surface area contributed by atoms with Gasteiger partial charge in [-0.2, -0.15) is 0 Å². The van der Waals surface area contributed by atoms with Gasteiger partial charge in [-0.3, -0.25) is 0 Å². The molecule has 1 atom stereocenters. The number of halogens is 1. The van der Waals surface area contributed by atoms with Gasteiger partial charge in [0.15, 0.2) is 0 Å². The molecule has 0 aliphatic carbocycles. The molecule has 0 spiro atoms. The first-order valence-electron chi connectivity index (χ1n) is 6.25. The third-order valence-electron chi connectivity index (χ3n) is 3.21. The van der Waals surface area contributed by atoms with E-state index in [0.717, 1.165) is 16.9 Å². The summed E-state index contributed by atoms with van der Waals surface area (Å²) in [6, 6.07) is 14.2. The Morgan fingerprint density at radius 1 is 1.00 bits per heavy atom. The van der Waals surface area contributed by atoms with E-state index >= 15 is 0 Å². The number of methoxy groups -OCH3 is 1. The van der Waals surface area contributed by atoms with Gasteiger partial charge in [0.2, 0.25) is 0 Å². The normalized spacial score (nSPS) is 12.2. The fraction of sp³-hybridized carbons (Fsp3) is 0.250. The Morgan fingerprint density at radius 3 is 2.00 bits per heavy atom. The van der Waals surface area contributed by atoms with E-state index in [1.54, 1.807) is 19.2 Å². The van der Waals surface area contributed by atoms with E-state index in [1.165, 1.54) is 12.1 Å². The fourth-order valence-corrected chi connectivity index (χ4v) is 2.19. The highest BCUT2D eigenvalue weighted by atomic mass is 19.1. The summed E-state index contributed by atoms with van der Waals surface area (Å²) >= 11 is 0. The van der Waals surface area contributed by atoms with Crippen molar-refractivity contribution >= 4 is 0 Å². The molecular formula is C16H17FO2. The second kappa shape index (κ2) is 6.34. The Bertz CT molecular complexity index is 505. The molecule has 0 fully saturated rings. The lowest BCUT2D eigenvalue weighted by molar-refractivity contribution is 0.281. The number of aliphatic hydroxyl groups excluding tert-OH is 1. The third-order valence-corrected chi connectivity index (χ3v) is 3.21. The first-order valence-corrected chi connectivity index (χ1v) is 6.25. The third kappa shape index (κ3) is 3.32. The van der Waals surface area contributed by atoms with Gasteiger partial charge < -0.3 is 9.84 Å². The summed E-state index contributed by atoms with van der Waals surface area (Å²) in [7, 11) is 1.63. The van der Waals surface area contributed by atoms with Gasteiger partial charge in [0.1, 0.15) is 11.6 Å². The molecule has 0 bridgehead atoms. The van der Waals surface area contributed by atoms with Gasteiger partial charge in [-0.1, -0.05) is 24.3 Å². The Balaban J connectivity index is 2.30. The summed E-state index contributed by atoms with van der Waals surface area (Å²) in [5.74, 6) is 0.614. The summed E-state index contributed by atoms with van der Waals surface area (Å²) in [6.07, 6.45) is 0.609. The van der Waals surface area contributed by atoms with Crippen molar-refractivity contribution in [3.05, 3.63) is 65.5 Å². The zero-order chi connectivity index (χ0) is 13.7. The average Bonchev–Trinajstić information content (AvgIpc) is 2.46. The molecule has 1 N–H and O–H groups in total. The molecular weight excluding hydrogens is 243 g/mol. The molecule has 3 heteroatoms. The van der Waals surface area contributed by atoms with Gasteiger partial charge >= 0.3 is 0 Å². The highest BCUT2D eigenvalue weighted by Crippen LogP contribution is 2.29. The van der Waals surface area contributed by atoms with Gasteiger partial charge in [-0.25, -0.2) is 4.39 Å². The molecule has 100 valence electrons. The number of hydrogen-bond donors (Lipinski definition) is 1. The van der Waals surface area contributed by atoms with Crippen LogP contribution in [0.2, 0.25) is 0 Å². The maximum Gasteiger partial charge on any atom is 0.123 e. The molecule has 1 unspecified atom stereocenters. The van der Waals surface area contributed by atoms with Crippen molar-refractivity contribution in [2.24, 2.45) is 0 Å². The topological polar surface area (TPSA) is 29.5 Å². The van der Waals surface area contributed by atoms with Crippen molar-refractivity contribution < 1.29 is 14.2 Å². The second-order valence-electron chi connectivity index (χ2n) is 4.39. The molecule has 0 saturated carbocycles. The summed E-state index contributed by atoms with van der Waals surface area (Å²) in [6.45, 7) is 0.0913. The molecule has 0 amide bonds. The first-order chi connectivity index (χ1) is 9.24. The van der Waals surface area contributed by atoms with Crippen molar-refractivity contribution in [1.29, 1.82) is 0 Å². The van der Waals surface area contributed by atoms with Gasteiger partial charge in [0, 0.05) is 12.5 Å². The Hall–Kier alpha value is -1.87. The van der Waals surface area contributed by atoms with Crippen LogP contribution in [0.25, 0.3) is 0 Å². The molecule has 2 rings (SSSR count). The largest absolute Gasteiger partial charge is 0.497 e. The zero-order valence-electron chi connectivity index (χ0n) is 10.8.